The molecule has 0 saturated carbocycles. The largest absolute Gasteiger partial charge is 0.417 e. The zero-order valence-corrected chi connectivity index (χ0v) is 13.9. The smallest absolute Gasteiger partial charge is 0.355 e. The Bertz CT molecular complexity index is 824. The van der Waals surface area contributed by atoms with E-state index in [1.165, 1.54) is 18.2 Å². The van der Waals surface area contributed by atoms with Crippen molar-refractivity contribution in [2.75, 3.05) is 18.0 Å². The topological polar surface area (TPSA) is 62.3 Å². The fourth-order valence-corrected chi connectivity index (χ4v) is 3.98. The molecule has 134 valence electrons. The molecule has 2 heterocycles. The Morgan fingerprint density at radius 3 is 2.44 bits per heavy atom. The van der Waals surface area contributed by atoms with Gasteiger partial charge < -0.3 is 4.90 Å². The summed E-state index contributed by atoms with van der Waals surface area (Å²) in [7, 11) is -3.62. The highest BCUT2D eigenvalue weighted by Gasteiger charge is 2.32. The summed E-state index contributed by atoms with van der Waals surface area (Å²) in [6, 6.07) is 9.98. The number of nitrogens with zero attached hydrogens (tertiary/aromatic N) is 2. The van der Waals surface area contributed by atoms with E-state index in [0.29, 0.717) is 25.3 Å². The third kappa shape index (κ3) is 4.10. The van der Waals surface area contributed by atoms with Gasteiger partial charge >= 0.3 is 6.18 Å². The number of hydrogen-bond donors (Lipinski definition) is 1. The summed E-state index contributed by atoms with van der Waals surface area (Å²) in [6.07, 6.45) is -3.09. The Morgan fingerprint density at radius 2 is 1.84 bits per heavy atom. The maximum atomic E-state index is 12.6. The van der Waals surface area contributed by atoms with Gasteiger partial charge in [-0.05, 0) is 30.7 Å². The van der Waals surface area contributed by atoms with Crippen molar-refractivity contribution >= 4 is 15.8 Å². The first-order valence-corrected chi connectivity index (χ1v) is 9.09. The van der Waals surface area contributed by atoms with Gasteiger partial charge in [0, 0.05) is 25.3 Å². The first-order valence-electron chi connectivity index (χ1n) is 7.61. The van der Waals surface area contributed by atoms with Crippen LogP contribution in [0, 0.1) is 0 Å². The Balaban J connectivity index is 1.66. The first kappa shape index (κ1) is 17.7. The number of halogens is 3. The Labute approximate surface area is 143 Å². The van der Waals surface area contributed by atoms with Crippen molar-refractivity contribution < 1.29 is 21.6 Å². The zero-order chi connectivity index (χ0) is 18.1. The second-order valence-electron chi connectivity index (χ2n) is 5.77. The molecule has 2 aromatic rings. The predicted molar refractivity (Wildman–Crippen MR) is 86.6 cm³/mol. The van der Waals surface area contributed by atoms with Crippen LogP contribution in [0.3, 0.4) is 0 Å². The monoisotopic (exact) mass is 371 g/mol. The van der Waals surface area contributed by atoms with Crippen molar-refractivity contribution in [3.63, 3.8) is 0 Å². The van der Waals surface area contributed by atoms with Gasteiger partial charge in [0.2, 0.25) is 10.0 Å². The van der Waals surface area contributed by atoms with Crippen molar-refractivity contribution in [3.8, 4) is 0 Å². The number of nitrogens with one attached hydrogen (secondary N) is 1. The lowest BCUT2D eigenvalue weighted by molar-refractivity contribution is -0.137. The van der Waals surface area contributed by atoms with E-state index in [0.717, 1.165) is 12.3 Å². The van der Waals surface area contributed by atoms with E-state index in [1.54, 1.807) is 23.1 Å². The maximum absolute atomic E-state index is 12.6. The molecule has 1 saturated heterocycles. The quantitative estimate of drug-likeness (QED) is 0.898. The van der Waals surface area contributed by atoms with Crippen LogP contribution in [-0.4, -0.2) is 32.5 Å². The molecule has 1 unspecified atom stereocenters. The van der Waals surface area contributed by atoms with Gasteiger partial charge in [0.1, 0.15) is 5.82 Å². The van der Waals surface area contributed by atoms with Crippen LogP contribution in [0.4, 0.5) is 19.0 Å². The van der Waals surface area contributed by atoms with Crippen molar-refractivity contribution in [2.24, 2.45) is 0 Å². The summed E-state index contributed by atoms with van der Waals surface area (Å²) in [4.78, 5) is 5.79. The molecule has 1 aliphatic rings. The number of pyridine rings is 1. The van der Waals surface area contributed by atoms with Crippen LogP contribution < -0.4 is 9.62 Å². The molecule has 1 aliphatic heterocycles. The molecule has 1 N–H and O–H groups in total. The van der Waals surface area contributed by atoms with Crippen molar-refractivity contribution in [2.45, 2.75) is 23.5 Å². The number of alkyl halides is 3. The summed E-state index contributed by atoms with van der Waals surface area (Å²) in [5.41, 5.74) is -0.809. The minimum Gasteiger partial charge on any atom is -0.355 e. The van der Waals surface area contributed by atoms with E-state index >= 15 is 0 Å². The summed E-state index contributed by atoms with van der Waals surface area (Å²) >= 11 is 0. The Hall–Kier alpha value is -2.13. The second-order valence-corrected chi connectivity index (χ2v) is 7.48. The highest BCUT2D eigenvalue weighted by molar-refractivity contribution is 7.89. The second kappa shape index (κ2) is 6.64. The van der Waals surface area contributed by atoms with Gasteiger partial charge in [-0.2, -0.15) is 13.2 Å². The minimum atomic E-state index is -4.43. The molecule has 0 aliphatic carbocycles. The molecule has 25 heavy (non-hydrogen) atoms. The van der Waals surface area contributed by atoms with Crippen LogP contribution >= 0.6 is 0 Å². The third-order valence-corrected chi connectivity index (χ3v) is 5.50. The molecule has 0 spiro atoms. The van der Waals surface area contributed by atoms with E-state index in [-0.39, 0.29) is 10.9 Å². The van der Waals surface area contributed by atoms with Crippen LogP contribution in [0.15, 0.2) is 53.6 Å². The van der Waals surface area contributed by atoms with E-state index in [1.807, 2.05) is 0 Å². The minimum absolute atomic E-state index is 0.182. The summed E-state index contributed by atoms with van der Waals surface area (Å²) in [6.45, 7) is 0.866. The highest BCUT2D eigenvalue weighted by atomic mass is 32.2. The fraction of sp³-hybridized carbons (Fsp3) is 0.312. The number of sulfonamides is 1. The standard InChI is InChI=1S/C16H16F3N3O2S/c17-16(18,19)12-6-7-15(20-10-12)22-9-8-13(11-22)21-25(23,24)14-4-2-1-3-5-14/h1-7,10,13,21H,8-9,11H2. The summed E-state index contributed by atoms with van der Waals surface area (Å²) < 4.78 is 65.0. The van der Waals surface area contributed by atoms with Gasteiger partial charge in [-0.1, -0.05) is 18.2 Å². The lowest BCUT2D eigenvalue weighted by Gasteiger charge is -2.18. The van der Waals surface area contributed by atoms with Gasteiger partial charge in [-0.15, -0.1) is 0 Å². The molecule has 3 rings (SSSR count). The lowest BCUT2D eigenvalue weighted by Crippen LogP contribution is -2.37. The molecule has 1 aromatic carbocycles. The van der Waals surface area contributed by atoms with Crippen molar-refractivity contribution in [1.82, 2.24) is 9.71 Å². The number of benzene rings is 1. The van der Waals surface area contributed by atoms with Gasteiger partial charge in [0.05, 0.1) is 10.5 Å². The first-order chi connectivity index (χ1) is 11.8. The normalized spacial score (nSPS) is 18.5. The van der Waals surface area contributed by atoms with Crippen LogP contribution in [0.2, 0.25) is 0 Å². The lowest BCUT2D eigenvalue weighted by atomic mass is 10.3. The number of hydrogen-bond acceptors (Lipinski definition) is 4. The Kier molecular flexibility index (Phi) is 4.70. The molecular weight excluding hydrogens is 355 g/mol. The van der Waals surface area contributed by atoms with Crippen molar-refractivity contribution in [3.05, 3.63) is 54.2 Å². The van der Waals surface area contributed by atoms with Gasteiger partial charge in [-0.25, -0.2) is 18.1 Å². The zero-order valence-electron chi connectivity index (χ0n) is 13.1. The van der Waals surface area contributed by atoms with E-state index in [4.69, 9.17) is 0 Å². The van der Waals surface area contributed by atoms with E-state index < -0.39 is 21.8 Å². The van der Waals surface area contributed by atoms with Gasteiger partial charge in [-0.3, -0.25) is 0 Å². The van der Waals surface area contributed by atoms with Crippen LogP contribution in [0.1, 0.15) is 12.0 Å². The third-order valence-electron chi connectivity index (χ3n) is 3.96. The summed E-state index contributed by atoms with van der Waals surface area (Å²) in [5, 5.41) is 0. The van der Waals surface area contributed by atoms with E-state index in [2.05, 4.69) is 9.71 Å². The molecular formula is C16H16F3N3O2S. The van der Waals surface area contributed by atoms with Crippen LogP contribution in [-0.2, 0) is 16.2 Å². The summed E-state index contributed by atoms with van der Waals surface area (Å²) in [5.74, 6) is 0.398. The van der Waals surface area contributed by atoms with E-state index in [9.17, 15) is 21.6 Å². The van der Waals surface area contributed by atoms with Crippen LogP contribution in [0.25, 0.3) is 0 Å². The van der Waals surface area contributed by atoms with Crippen molar-refractivity contribution in [1.29, 1.82) is 0 Å². The molecule has 0 radical (unpaired) electrons. The fourth-order valence-electron chi connectivity index (χ4n) is 2.69. The Morgan fingerprint density at radius 1 is 1.12 bits per heavy atom. The van der Waals surface area contributed by atoms with Crippen LogP contribution in [0.5, 0.6) is 0 Å². The predicted octanol–water partition coefficient (Wildman–Crippen LogP) is 2.66. The van der Waals surface area contributed by atoms with Gasteiger partial charge in [0.25, 0.3) is 0 Å². The molecule has 5 nitrogen and oxygen atoms in total. The number of aromatic nitrogens is 1. The maximum Gasteiger partial charge on any atom is 0.417 e. The molecule has 0 amide bonds. The average molecular weight is 371 g/mol. The molecule has 0 bridgehead atoms. The molecule has 1 aromatic heterocycles. The molecule has 1 atom stereocenters. The molecule has 9 heteroatoms. The highest BCUT2D eigenvalue weighted by Crippen LogP contribution is 2.30. The SMILES string of the molecule is O=S(=O)(NC1CCN(c2ccc(C(F)(F)F)cn2)C1)c1ccccc1. The number of anilines is 1. The van der Waals surface area contributed by atoms with Gasteiger partial charge in [0.15, 0.2) is 0 Å². The average Bonchev–Trinajstić information content (AvgIpc) is 3.03. The number of rotatable bonds is 4. The molecule has 1 fully saturated rings.